The zero-order valence-corrected chi connectivity index (χ0v) is 18.6. The van der Waals surface area contributed by atoms with Gasteiger partial charge >= 0.3 is 0 Å². The highest BCUT2D eigenvalue weighted by Crippen LogP contribution is 2.39. The molecule has 1 heteroatoms. The van der Waals surface area contributed by atoms with Gasteiger partial charge in [0.15, 0.2) is 0 Å². The maximum absolute atomic E-state index is 4.13. The molecule has 1 saturated heterocycles. The van der Waals surface area contributed by atoms with Gasteiger partial charge in [0.2, 0.25) is 0 Å². The van der Waals surface area contributed by atoms with Crippen LogP contribution in [0.2, 0.25) is 0 Å². The second-order valence-electron chi connectivity index (χ2n) is 8.96. The van der Waals surface area contributed by atoms with Gasteiger partial charge in [-0.1, -0.05) is 58.1 Å². The number of allylic oxidation sites excluding steroid dienone is 2. The summed E-state index contributed by atoms with van der Waals surface area (Å²) in [5, 5.41) is 0. The molecule has 0 aromatic heterocycles. The third-order valence-electron chi connectivity index (χ3n) is 5.41. The molecule has 0 amide bonds. The molecule has 1 nitrogen and oxygen atoms in total. The lowest BCUT2D eigenvalue weighted by Crippen LogP contribution is -2.47. The van der Waals surface area contributed by atoms with Crippen molar-refractivity contribution in [2.45, 2.75) is 106 Å². The average molecular weight is 350 g/mol. The predicted molar refractivity (Wildman–Crippen MR) is 116 cm³/mol. The molecule has 1 aliphatic heterocycles. The Hall–Kier alpha value is -0.560. The second-order valence-corrected chi connectivity index (χ2v) is 8.96. The lowest BCUT2D eigenvalue weighted by atomic mass is 9.71. The Morgan fingerprint density at radius 3 is 1.92 bits per heavy atom. The summed E-state index contributed by atoms with van der Waals surface area (Å²) in [5.74, 6) is 0.861. The molecule has 0 N–H and O–H groups in total. The summed E-state index contributed by atoms with van der Waals surface area (Å²) in [6.45, 7) is 25.4. The Bertz CT molecular complexity index is 370. The minimum Gasteiger partial charge on any atom is -0.300 e. The molecule has 2 rings (SSSR count). The van der Waals surface area contributed by atoms with E-state index in [-0.39, 0.29) is 0 Å². The molecule has 0 aromatic rings. The van der Waals surface area contributed by atoms with Gasteiger partial charge in [-0.2, -0.15) is 0 Å². The largest absolute Gasteiger partial charge is 0.300 e. The predicted octanol–water partition coefficient (Wildman–Crippen LogP) is 7.63. The number of rotatable bonds is 4. The lowest BCUT2D eigenvalue weighted by molar-refractivity contribution is 0.0474. The molecule has 25 heavy (non-hydrogen) atoms. The van der Waals surface area contributed by atoms with Crippen LogP contribution in [0.15, 0.2) is 24.3 Å². The Kier molecular flexibility index (Phi) is 12.5. The number of hydrogen-bond acceptors (Lipinski definition) is 1. The quantitative estimate of drug-likeness (QED) is 0.471. The van der Waals surface area contributed by atoms with E-state index in [1.165, 1.54) is 75.6 Å². The van der Waals surface area contributed by atoms with Gasteiger partial charge in [0.05, 0.1) is 0 Å². The van der Waals surface area contributed by atoms with Gasteiger partial charge in [0.25, 0.3) is 0 Å². The molecule has 0 bridgehead atoms. The van der Waals surface area contributed by atoms with Crippen molar-refractivity contribution in [3.8, 4) is 0 Å². The lowest BCUT2D eigenvalue weighted by Gasteiger charge is -2.45. The molecule has 0 aromatic carbocycles. The van der Waals surface area contributed by atoms with Gasteiger partial charge in [-0.15, -0.1) is 13.2 Å². The number of nitrogens with zero attached hydrogens (tertiary/aromatic N) is 1. The van der Waals surface area contributed by atoms with E-state index in [4.69, 9.17) is 0 Å². The van der Waals surface area contributed by atoms with E-state index in [1.54, 1.807) is 0 Å². The SMILES string of the molecule is C=C(C)C.C=C(C)CC(C)(C)C1CCCN(C2CCCCC2)C1.CC. The van der Waals surface area contributed by atoms with Crippen molar-refractivity contribution in [3.63, 3.8) is 0 Å². The first-order chi connectivity index (χ1) is 11.7. The first kappa shape index (κ1) is 24.4. The summed E-state index contributed by atoms with van der Waals surface area (Å²) in [6, 6.07) is 0.900. The van der Waals surface area contributed by atoms with Crippen LogP contribution < -0.4 is 0 Å². The van der Waals surface area contributed by atoms with Crippen LogP contribution in [-0.2, 0) is 0 Å². The van der Waals surface area contributed by atoms with E-state index in [0.717, 1.165) is 12.0 Å². The van der Waals surface area contributed by atoms with Crippen molar-refractivity contribution >= 4 is 0 Å². The highest BCUT2D eigenvalue weighted by Gasteiger charge is 2.35. The minimum absolute atomic E-state index is 0.430. The van der Waals surface area contributed by atoms with Crippen LogP contribution in [0.5, 0.6) is 0 Å². The molecule has 1 atom stereocenters. The van der Waals surface area contributed by atoms with Crippen LogP contribution in [0.1, 0.15) is 99.8 Å². The molecular weight excluding hydrogens is 302 g/mol. The molecule has 2 fully saturated rings. The van der Waals surface area contributed by atoms with Crippen LogP contribution in [0.4, 0.5) is 0 Å². The van der Waals surface area contributed by atoms with Crippen LogP contribution in [0.3, 0.4) is 0 Å². The molecule has 148 valence electrons. The number of piperidine rings is 1. The van der Waals surface area contributed by atoms with E-state index < -0.39 is 0 Å². The van der Waals surface area contributed by atoms with E-state index in [9.17, 15) is 0 Å². The van der Waals surface area contributed by atoms with Gasteiger partial charge in [0.1, 0.15) is 0 Å². The molecule has 1 heterocycles. The molecule has 1 unspecified atom stereocenters. The zero-order chi connectivity index (χ0) is 19.5. The summed E-state index contributed by atoms with van der Waals surface area (Å²) < 4.78 is 0. The van der Waals surface area contributed by atoms with Crippen molar-refractivity contribution < 1.29 is 0 Å². The van der Waals surface area contributed by atoms with Gasteiger partial charge in [0, 0.05) is 12.6 Å². The Morgan fingerprint density at radius 1 is 0.920 bits per heavy atom. The monoisotopic (exact) mass is 349 g/mol. The van der Waals surface area contributed by atoms with Crippen molar-refractivity contribution in [3.05, 3.63) is 24.3 Å². The fourth-order valence-corrected chi connectivity index (χ4v) is 4.34. The molecule has 0 spiro atoms. The maximum Gasteiger partial charge on any atom is 0.00953 e. The van der Waals surface area contributed by atoms with E-state index in [1.807, 2.05) is 27.7 Å². The van der Waals surface area contributed by atoms with Gasteiger partial charge < -0.3 is 4.90 Å². The highest BCUT2D eigenvalue weighted by atomic mass is 15.2. The number of likely N-dealkylation sites (tertiary alicyclic amines) is 1. The summed E-state index contributed by atoms with van der Waals surface area (Å²) in [4.78, 5) is 2.83. The summed E-state index contributed by atoms with van der Waals surface area (Å²) >= 11 is 0. The second kappa shape index (κ2) is 12.7. The van der Waals surface area contributed by atoms with Crippen molar-refractivity contribution in [2.24, 2.45) is 11.3 Å². The van der Waals surface area contributed by atoms with Gasteiger partial charge in [-0.05, 0) is 70.8 Å². The molecule has 1 aliphatic carbocycles. The van der Waals surface area contributed by atoms with Crippen molar-refractivity contribution in [1.29, 1.82) is 0 Å². The van der Waals surface area contributed by atoms with Gasteiger partial charge in [-0.25, -0.2) is 0 Å². The first-order valence-electron chi connectivity index (χ1n) is 10.7. The average Bonchev–Trinajstić information content (AvgIpc) is 2.56. The Morgan fingerprint density at radius 2 is 1.44 bits per heavy atom. The van der Waals surface area contributed by atoms with Crippen LogP contribution in [-0.4, -0.2) is 24.0 Å². The van der Waals surface area contributed by atoms with Crippen molar-refractivity contribution in [1.82, 2.24) is 4.90 Å². The summed E-state index contributed by atoms with van der Waals surface area (Å²) in [7, 11) is 0. The summed E-state index contributed by atoms with van der Waals surface area (Å²) in [5.41, 5.74) is 2.94. The first-order valence-corrected chi connectivity index (χ1v) is 10.7. The Labute approximate surface area is 160 Å². The molecule has 2 aliphatic rings. The van der Waals surface area contributed by atoms with Crippen LogP contribution in [0, 0.1) is 11.3 Å². The smallest absolute Gasteiger partial charge is 0.00953 e. The summed E-state index contributed by atoms with van der Waals surface area (Å²) in [6.07, 6.45) is 11.3. The maximum atomic E-state index is 4.13. The molecule has 0 radical (unpaired) electrons. The highest BCUT2D eigenvalue weighted by molar-refractivity contribution is 4.98. The third kappa shape index (κ3) is 10.2. The number of hydrogen-bond donors (Lipinski definition) is 0. The van der Waals surface area contributed by atoms with E-state index >= 15 is 0 Å². The minimum atomic E-state index is 0.430. The third-order valence-corrected chi connectivity index (χ3v) is 5.41. The fourth-order valence-electron chi connectivity index (χ4n) is 4.34. The molecular formula is C24H47N. The Balaban J connectivity index is 0.000000845. The zero-order valence-electron chi connectivity index (χ0n) is 18.6. The topological polar surface area (TPSA) is 3.24 Å². The van der Waals surface area contributed by atoms with E-state index in [0.29, 0.717) is 5.41 Å². The van der Waals surface area contributed by atoms with Gasteiger partial charge in [-0.3, -0.25) is 0 Å². The van der Waals surface area contributed by atoms with E-state index in [2.05, 4.69) is 38.8 Å². The fraction of sp³-hybridized carbons (Fsp3) is 0.833. The normalized spacial score (nSPS) is 22.1. The van der Waals surface area contributed by atoms with Crippen LogP contribution >= 0.6 is 0 Å². The molecule has 1 saturated carbocycles. The van der Waals surface area contributed by atoms with Crippen LogP contribution in [0.25, 0.3) is 0 Å². The van der Waals surface area contributed by atoms with Crippen molar-refractivity contribution in [2.75, 3.05) is 13.1 Å². The standard InChI is InChI=1S/C18H33N.C4H8.C2H6/c1-15(2)13-18(3,4)16-9-8-12-19(14-16)17-10-6-5-7-11-17;1-4(2)3;1-2/h16-17H,1,5-14H2,2-4H3;1H2,2-3H3;1-2H3.